The van der Waals surface area contributed by atoms with Crippen molar-refractivity contribution in [2.45, 2.75) is 12.6 Å². The number of aromatic nitrogens is 3. The fourth-order valence-electron chi connectivity index (χ4n) is 1.40. The molecule has 0 aliphatic carbocycles. The van der Waals surface area contributed by atoms with E-state index in [9.17, 15) is 22.0 Å². The van der Waals surface area contributed by atoms with Crippen LogP contribution in [0.2, 0.25) is 10.0 Å². The van der Waals surface area contributed by atoms with Crippen molar-refractivity contribution in [3.63, 3.8) is 0 Å². The van der Waals surface area contributed by atoms with Gasteiger partial charge in [-0.15, -0.1) is 9.90 Å². The molecule has 0 unspecified atom stereocenters. The molecule has 0 aliphatic heterocycles. The number of rotatable bonds is 2. The van der Waals surface area contributed by atoms with Crippen LogP contribution in [0, 0.1) is 0 Å². The third-order valence-corrected chi connectivity index (χ3v) is 2.85. The maximum Gasteiger partial charge on any atom is 0.416 e. The first-order chi connectivity index (χ1) is 9.20. The number of hydrogen-bond donors (Lipinski definition) is 0. The van der Waals surface area contributed by atoms with E-state index < -0.39 is 33.9 Å². The van der Waals surface area contributed by atoms with Crippen molar-refractivity contribution in [3.05, 3.63) is 39.6 Å². The Bertz CT molecular complexity index is 615. The third kappa shape index (κ3) is 2.85. The zero-order valence-electron chi connectivity index (χ0n) is 9.30. The summed E-state index contributed by atoms with van der Waals surface area (Å²) >= 11 is 11.4. The van der Waals surface area contributed by atoms with E-state index in [1.807, 2.05) is 0 Å². The molecule has 0 atom stereocenters. The lowest BCUT2D eigenvalue weighted by molar-refractivity contribution is -0.137. The topological polar surface area (TPSA) is 30.7 Å². The molecule has 0 N–H and O–H groups in total. The predicted octanol–water partition coefficient (Wildman–Crippen LogP) is 4.53. The summed E-state index contributed by atoms with van der Waals surface area (Å²) in [4.78, 5) is 0.659. The molecule has 3 nitrogen and oxygen atoms in total. The summed E-state index contributed by atoms with van der Waals surface area (Å²) in [5.41, 5.74) is -1.90. The van der Waals surface area contributed by atoms with Crippen LogP contribution in [-0.4, -0.2) is 15.0 Å². The van der Waals surface area contributed by atoms with Crippen LogP contribution in [-0.2, 0) is 6.18 Å². The van der Waals surface area contributed by atoms with Gasteiger partial charge in [0.1, 0.15) is 11.4 Å². The Hall–Kier alpha value is -1.41. The minimum absolute atomic E-state index is 0.201. The zero-order chi connectivity index (χ0) is 15.1. The Morgan fingerprint density at radius 1 is 1.10 bits per heavy atom. The van der Waals surface area contributed by atoms with E-state index in [-0.39, 0.29) is 5.69 Å². The summed E-state index contributed by atoms with van der Waals surface area (Å²) in [6.07, 6.45) is -6.72. The van der Waals surface area contributed by atoms with E-state index in [4.69, 9.17) is 23.2 Å². The van der Waals surface area contributed by atoms with Gasteiger partial charge in [-0.1, -0.05) is 23.2 Å². The summed E-state index contributed by atoms with van der Waals surface area (Å²) in [7, 11) is 0. The molecular formula is C10H4Cl2F5N3. The molecule has 0 radical (unpaired) electrons. The van der Waals surface area contributed by atoms with Crippen molar-refractivity contribution in [3.8, 4) is 5.69 Å². The number of benzene rings is 1. The molecule has 0 amide bonds. The molecule has 1 aromatic heterocycles. The van der Waals surface area contributed by atoms with Crippen LogP contribution in [0.5, 0.6) is 0 Å². The molecule has 0 fully saturated rings. The lowest BCUT2D eigenvalue weighted by Gasteiger charge is -2.11. The molecule has 0 saturated heterocycles. The van der Waals surface area contributed by atoms with Crippen molar-refractivity contribution >= 4 is 23.2 Å². The minimum atomic E-state index is -4.63. The number of hydrogen-bond acceptors (Lipinski definition) is 2. The normalized spacial score (nSPS) is 12.2. The SMILES string of the molecule is FC(F)c1cnn(-c2c(Cl)cc(C(F)(F)F)cc2Cl)n1. The molecule has 20 heavy (non-hydrogen) atoms. The average molecular weight is 332 g/mol. The zero-order valence-corrected chi connectivity index (χ0v) is 10.8. The highest BCUT2D eigenvalue weighted by Gasteiger charge is 2.32. The Morgan fingerprint density at radius 2 is 1.65 bits per heavy atom. The molecule has 10 heteroatoms. The van der Waals surface area contributed by atoms with Crippen molar-refractivity contribution in [1.82, 2.24) is 15.0 Å². The highest BCUT2D eigenvalue weighted by molar-refractivity contribution is 6.37. The Morgan fingerprint density at radius 3 is 2.05 bits per heavy atom. The largest absolute Gasteiger partial charge is 0.416 e. The lowest BCUT2D eigenvalue weighted by atomic mass is 10.2. The van der Waals surface area contributed by atoms with Gasteiger partial charge in [0.15, 0.2) is 0 Å². The molecule has 108 valence electrons. The molecule has 1 heterocycles. The van der Waals surface area contributed by atoms with Crippen molar-refractivity contribution in [2.24, 2.45) is 0 Å². The molecule has 0 spiro atoms. The van der Waals surface area contributed by atoms with Gasteiger partial charge in [-0.05, 0) is 12.1 Å². The van der Waals surface area contributed by atoms with E-state index in [1.54, 1.807) is 0 Å². The van der Waals surface area contributed by atoms with Gasteiger partial charge in [0.2, 0.25) is 0 Å². The molecule has 0 bridgehead atoms. The molecular weight excluding hydrogens is 328 g/mol. The Balaban J connectivity index is 2.52. The number of alkyl halides is 5. The monoisotopic (exact) mass is 331 g/mol. The minimum Gasteiger partial charge on any atom is -0.203 e. The first kappa shape index (κ1) is 15.0. The summed E-state index contributed by atoms with van der Waals surface area (Å²) in [6.45, 7) is 0. The van der Waals surface area contributed by atoms with Gasteiger partial charge in [-0.25, -0.2) is 8.78 Å². The average Bonchev–Trinajstić information content (AvgIpc) is 2.76. The van der Waals surface area contributed by atoms with Gasteiger partial charge in [-0.2, -0.15) is 18.3 Å². The third-order valence-electron chi connectivity index (χ3n) is 2.28. The highest BCUT2D eigenvalue weighted by Crippen LogP contribution is 2.37. The summed E-state index contributed by atoms with van der Waals surface area (Å²) in [5, 5.41) is 6.09. The van der Waals surface area contributed by atoms with Gasteiger partial charge < -0.3 is 0 Å². The van der Waals surface area contributed by atoms with Gasteiger partial charge in [-0.3, -0.25) is 0 Å². The van der Waals surface area contributed by atoms with Crippen LogP contribution in [0.25, 0.3) is 5.69 Å². The van der Waals surface area contributed by atoms with E-state index in [2.05, 4.69) is 10.2 Å². The second-order valence-corrected chi connectivity index (χ2v) is 4.46. The number of nitrogens with zero attached hydrogens (tertiary/aromatic N) is 3. The second-order valence-electron chi connectivity index (χ2n) is 3.65. The predicted molar refractivity (Wildman–Crippen MR) is 61.3 cm³/mol. The Kier molecular flexibility index (Phi) is 3.88. The summed E-state index contributed by atoms with van der Waals surface area (Å²) in [6, 6.07) is 1.24. The van der Waals surface area contributed by atoms with Gasteiger partial charge in [0.25, 0.3) is 6.43 Å². The highest BCUT2D eigenvalue weighted by atomic mass is 35.5. The molecule has 2 rings (SSSR count). The lowest BCUT2D eigenvalue weighted by Crippen LogP contribution is -2.08. The van der Waals surface area contributed by atoms with Crippen molar-refractivity contribution < 1.29 is 22.0 Å². The standard InChI is InChI=1S/C10H4Cl2F5N3/c11-5-1-4(10(15,16)17)2-6(12)8(5)20-18-3-7(19-20)9(13)14/h1-3,9H. The quantitative estimate of drug-likeness (QED) is 0.757. The maximum absolute atomic E-state index is 12.5. The van der Waals surface area contributed by atoms with Gasteiger partial charge in [0, 0.05) is 0 Å². The van der Waals surface area contributed by atoms with Crippen LogP contribution in [0.4, 0.5) is 22.0 Å². The Labute approximate surface area is 118 Å². The fourth-order valence-corrected chi connectivity index (χ4v) is 2.04. The first-order valence-electron chi connectivity index (χ1n) is 4.97. The van der Waals surface area contributed by atoms with E-state index in [1.165, 1.54) is 0 Å². The van der Waals surface area contributed by atoms with Crippen molar-refractivity contribution in [2.75, 3.05) is 0 Å². The van der Waals surface area contributed by atoms with Gasteiger partial charge in [0.05, 0.1) is 21.8 Å². The van der Waals surface area contributed by atoms with Crippen LogP contribution in [0.1, 0.15) is 17.7 Å². The van der Waals surface area contributed by atoms with Crippen LogP contribution in [0.15, 0.2) is 18.3 Å². The van der Waals surface area contributed by atoms with Crippen molar-refractivity contribution in [1.29, 1.82) is 0 Å². The van der Waals surface area contributed by atoms with Crippen LogP contribution >= 0.6 is 23.2 Å². The molecule has 0 aliphatic rings. The molecule has 0 saturated carbocycles. The summed E-state index contributed by atoms with van der Waals surface area (Å²) < 4.78 is 62.4. The second kappa shape index (κ2) is 5.17. The first-order valence-corrected chi connectivity index (χ1v) is 5.72. The fraction of sp³-hybridized carbons (Fsp3) is 0.200. The summed E-state index contributed by atoms with van der Waals surface area (Å²) in [5.74, 6) is 0. The van der Waals surface area contributed by atoms with E-state index in [0.29, 0.717) is 16.9 Å². The van der Waals surface area contributed by atoms with Crippen LogP contribution in [0.3, 0.4) is 0 Å². The molecule has 2 aromatic rings. The molecule has 1 aromatic carbocycles. The number of halogens is 7. The smallest absolute Gasteiger partial charge is 0.203 e. The van der Waals surface area contributed by atoms with Gasteiger partial charge >= 0.3 is 6.18 Å². The van der Waals surface area contributed by atoms with E-state index >= 15 is 0 Å². The maximum atomic E-state index is 12.5. The van der Waals surface area contributed by atoms with Crippen LogP contribution < -0.4 is 0 Å². The van der Waals surface area contributed by atoms with E-state index in [0.717, 1.165) is 6.20 Å².